The molecule has 1 atom stereocenters. The Morgan fingerprint density at radius 2 is 2.00 bits per heavy atom. The number of rotatable bonds is 6. The molecule has 0 radical (unpaired) electrons. The van der Waals surface area contributed by atoms with Crippen molar-refractivity contribution in [2.75, 3.05) is 6.61 Å². The van der Waals surface area contributed by atoms with Crippen molar-refractivity contribution < 1.29 is 23.8 Å². The molecule has 6 nitrogen and oxygen atoms in total. The molecule has 6 heteroatoms. The van der Waals surface area contributed by atoms with E-state index in [4.69, 9.17) is 9.15 Å². The summed E-state index contributed by atoms with van der Waals surface area (Å²) in [7, 11) is 0. The lowest BCUT2D eigenvalue weighted by molar-refractivity contribution is -0.130. The fourth-order valence-corrected chi connectivity index (χ4v) is 3.01. The zero-order valence-corrected chi connectivity index (χ0v) is 14.1. The van der Waals surface area contributed by atoms with E-state index in [0.717, 1.165) is 5.56 Å². The number of hydrogen-bond donors (Lipinski definition) is 1. The van der Waals surface area contributed by atoms with E-state index in [0.29, 0.717) is 18.1 Å². The van der Waals surface area contributed by atoms with Gasteiger partial charge in [-0.2, -0.15) is 0 Å². The third kappa shape index (κ3) is 3.15. The van der Waals surface area contributed by atoms with E-state index in [1.54, 1.807) is 36.4 Å². The standard InChI is InChI=1S/C19H19NO5/c1-3-24-14-8-6-13(7-9-14)17-16(12(2)21)18(22)19(23)20(17)11-15-5-4-10-25-15/h4-10,17,22H,3,11H2,1-2H3/t17-/m0/s1. The third-order valence-electron chi connectivity index (χ3n) is 4.10. The quantitative estimate of drug-likeness (QED) is 0.873. The molecule has 0 aliphatic carbocycles. The van der Waals surface area contributed by atoms with Gasteiger partial charge in [-0.05, 0) is 43.7 Å². The van der Waals surface area contributed by atoms with Crippen molar-refractivity contribution in [3.8, 4) is 5.75 Å². The lowest BCUT2D eigenvalue weighted by Crippen LogP contribution is -2.30. The van der Waals surface area contributed by atoms with E-state index in [-0.39, 0.29) is 17.9 Å². The molecule has 25 heavy (non-hydrogen) atoms. The van der Waals surface area contributed by atoms with Gasteiger partial charge in [-0.3, -0.25) is 9.59 Å². The topological polar surface area (TPSA) is 80.0 Å². The minimum absolute atomic E-state index is 0.0979. The largest absolute Gasteiger partial charge is 0.503 e. The summed E-state index contributed by atoms with van der Waals surface area (Å²) in [5, 5.41) is 10.2. The Balaban J connectivity index is 1.99. The van der Waals surface area contributed by atoms with Crippen molar-refractivity contribution in [3.05, 3.63) is 65.3 Å². The van der Waals surface area contributed by atoms with Gasteiger partial charge in [0.2, 0.25) is 0 Å². The van der Waals surface area contributed by atoms with Gasteiger partial charge in [0.05, 0.1) is 31.0 Å². The molecule has 2 heterocycles. The lowest BCUT2D eigenvalue weighted by atomic mass is 9.96. The van der Waals surface area contributed by atoms with E-state index in [2.05, 4.69) is 0 Å². The van der Waals surface area contributed by atoms with Crippen molar-refractivity contribution in [1.82, 2.24) is 4.90 Å². The highest BCUT2D eigenvalue weighted by molar-refractivity contribution is 6.08. The molecule has 3 rings (SSSR count). The molecule has 1 aromatic carbocycles. The van der Waals surface area contributed by atoms with Gasteiger partial charge < -0.3 is 19.2 Å². The van der Waals surface area contributed by atoms with Gasteiger partial charge >= 0.3 is 0 Å². The van der Waals surface area contributed by atoms with Crippen LogP contribution in [0.4, 0.5) is 0 Å². The second kappa shape index (κ2) is 6.84. The Labute approximate surface area is 145 Å². The number of ketones is 1. The number of hydrogen-bond acceptors (Lipinski definition) is 5. The first-order valence-electron chi connectivity index (χ1n) is 8.03. The fourth-order valence-electron chi connectivity index (χ4n) is 3.01. The zero-order chi connectivity index (χ0) is 18.0. The van der Waals surface area contributed by atoms with Gasteiger partial charge in [0.1, 0.15) is 11.5 Å². The highest BCUT2D eigenvalue weighted by Gasteiger charge is 2.42. The summed E-state index contributed by atoms with van der Waals surface area (Å²) < 4.78 is 10.7. The van der Waals surface area contributed by atoms with Crippen LogP contribution in [0.15, 0.2) is 58.4 Å². The van der Waals surface area contributed by atoms with Gasteiger partial charge in [0, 0.05) is 0 Å². The number of carbonyl (C=O) groups excluding carboxylic acids is 2. The van der Waals surface area contributed by atoms with Crippen LogP contribution in [-0.2, 0) is 16.1 Å². The van der Waals surface area contributed by atoms with Crippen molar-refractivity contribution in [1.29, 1.82) is 0 Å². The summed E-state index contributed by atoms with van der Waals surface area (Å²) in [6.07, 6.45) is 1.51. The number of ether oxygens (including phenoxy) is 1. The molecule has 1 aliphatic rings. The molecule has 0 spiro atoms. The predicted molar refractivity (Wildman–Crippen MR) is 89.9 cm³/mol. The molecule has 1 aromatic heterocycles. The average molecular weight is 341 g/mol. The summed E-state index contributed by atoms with van der Waals surface area (Å²) in [6, 6.07) is 9.94. The molecule has 0 fully saturated rings. The molecule has 1 N–H and O–H groups in total. The maximum Gasteiger partial charge on any atom is 0.290 e. The van der Waals surface area contributed by atoms with Gasteiger partial charge in [-0.1, -0.05) is 12.1 Å². The van der Waals surface area contributed by atoms with Gasteiger partial charge in [-0.25, -0.2) is 0 Å². The maximum absolute atomic E-state index is 12.5. The van der Waals surface area contributed by atoms with Crippen LogP contribution in [0.5, 0.6) is 5.75 Å². The maximum atomic E-state index is 12.5. The molecule has 0 saturated heterocycles. The molecule has 1 amide bonds. The van der Waals surface area contributed by atoms with Gasteiger partial charge in [0.15, 0.2) is 11.5 Å². The minimum atomic E-state index is -0.661. The summed E-state index contributed by atoms with van der Waals surface area (Å²) in [5.74, 6) is -0.155. The van der Waals surface area contributed by atoms with Crippen LogP contribution in [-0.4, -0.2) is 28.3 Å². The monoisotopic (exact) mass is 341 g/mol. The molecule has 0 saturated carbocycles. The first-order valence-corrected chi connectivity index (χ1v) is 8.03. The van der Waals surface area contributed by atoms with E-state index >= 15 is 0 Å². The van der Waals surface area contributed by atoms with Crippen LogP contribution >= 0.6 is 0 Å². The van der Waals surface area contributed by atoms with Crippen molar-refractivity contribution in [3.63, 3.8) is 0 Å². The summed E-state index contributed by atoms with van der Waals surface area (Å²) in [4.78, 5) is 26.0. The van der Waals surface area contributed by atoms with E-state index in [9.17, 15) is 14.7 Å². The number of amides is 1. The number of aliphatic hydroxyl groups is 1. The second-order valence-electron chi connectivity index (χ2n) is 5.74. The number of carbonyl (C=O) groups is 2. The SMILES string of the molecule is CCOc1ccc([C@H]2C(C(C)=O)=C(O)C(=O)N2Cc2ccco2)cc1. The molecule has 0 bridgehead atoms. The van der Waals surface area contributed by atoms with E-state index in [1.807, 2.05) is 6.92 Å². The Bertz CT molecular complexity index is 805. The summed E-state index contributed by atoms with van der Waals surface area (Å²) >= 11 is 0. The predicted octanol–water partition coefficient (Wildman–Crippen LogP) is 3.16. The first-order chi connectivity index (χ1) is 12.0. The fraction of sp³-hybridized carbons (Fsp3) is 0.263. The van der Waals surface area contributed by atoms with Gasteiger partial charge in [-0.15, -0.1) is 0 Å². The van der Waals surface area contributed by atoms with Gasteiger partial charge in [0.25, 0.3) is 5.91 Å². The van der Waals surface area contributed by atoms with Crippen LogP contribution < -0.4 is 4.74 Å². The average Bonchev–Trinajstić information content (AvgIpc) is 3.18. The van der Waals surface area contributed by atoms with Crippen LogP contribution in [0.3, 0.4) is 0 Å². The number of Topliss-reactive ketones (excluding diaryl/α,β-unsaturated/α-hetero) is 1. The number of aliphatic hydroxyl groups excluding tert-OH is 1. The Morgan fingerprint density at radius 3 is 2.56 bits per heavy atom. The molecule has 130 valence electrons. The van der Waals surface area contributed by atoms with Crippen molar-refractivity contribution >= 4 is 11.7 Å². The lowest BCUT2D eigenvalue weighted by Gasteiger charge is -2.25. The molecular weight excluding hydrogens is 322 g/mol. The Hall–Kier alpha value is -3.02. The number of furan rings is 1. The van der Waals surface area contributed by atoms with Crippen molar-refractivity contribution in [2.45, 2.75) is 26.4 Å². The third-order valence-corrected chi connectivity index (χ3v) is 4.10. The van der Waals surface area contributed by atoms with Crippen LogP contribution in [0.2, 0.25) is 0 Å². The molecule has 1 aliphatic heterocycles. The summed E-state index contributed by atoms with van der Waals surface area (Å²) in [5.41, 5.74) is 0.818. The van der Waals surface area contributed by atoms with Crippen LogP contribution in [0.1, 0.15) is 31.2 Å². The molecular formula is C19H19NO5. The summed E-state index contributed by atoms with van der Waals surface area (Å²) in [6.45, 7) is 3.94. The smallest absolute Gasteiger partial charge is 0.290 e. The highest BCUT2D eigenvalue weighted by atomic mass is 16.5. The van der Waals surface area contributed by atoms with Crippen molar-refractivity contribution in [2.24, 2.45) is 0 Å². The first kappa shape index (κ1) is 16.8. The number of nitrogens with zero attached hydrogens (tertiary/aromatic N) is 1. The Morgan fingerprint density at radius 1 is 1.28 bits per heavy atom. The van der Waals surface area contributed by atoms with E-state index < -0.39 is 17.7 Å². The Kier molecular flexibility index (Phi) is 4.61. The second-order valence-corrected chi connectivity index (χ2v) is 5.74. The zero-order valence-electron chi connectivity index (χ0n) is 14.1. The van der Waals surface area contributed by atoms with Crippen LogP contribution in [0, 0.1) is 0 Å². The molecule has 0 unspecified atom stereocenters. The normalized spacial score (nSPS) is 17.3. The van der Waals surface area contributed by atoms with Crippen LogP contribution in [0.25, 0.3) is 0 Å². The van der Waals surface area contributed by atoms with E-state index in [1.165, 1.54) is 18.1 Å². The number of benzene rings is 1. The molecule has 2 aromatic rings. The highest BCUT2D eigenvalue weighted by Crippen LogP contribution is 2.39. The minimum Gasteiger partial charge on any atom is -0.503 e.